The predicted octanol–water partition coefficient (Wildman–Crippen LogP) is 1.57. The van der Waals surface area contributed by atoms with E-state index in [2.05, 4.69) is 17.0 Å². The van der Waals surface area contributed by atoms with Gasteiger partial charge in [0.05, 0.1) is 13.7 Å². The standard InChI is InChI=1S/C14H22N2O2/c1-3-16(11-14(17)18-2)13(9-10-15)12-7-5-4-6-8-12/h4-8,13H,3,9-11,15H2,1-2H3. The van der Waals surface area contributed by atoms with E-state index in [4.69, 9.17) is 10.5 Å². The van der Waals surface area contributed by atoms with E-state index in [0.29, 0.717) is 13.1 Å². The van der Waals surface area contributed by atoms with Gasteiger partial charge in [0.25, 0.3) is 0 Å². The highest BCUT2D eigenvalue weighted by Gasteiger charge is 2.20. The van der Waals surface area contributed by atoms with E-state index in [0.717, 1.165) is 13.0 Å². The van der Waals surface area contributed by atoms with Crippen molar-refractivity contribution in [3.63, 3.8) is 0 Å². The van der Waals surface area contributed by atoms with Crippen molar-refractivity contribution in [3.05, 3.63) is 35.9 Å². The van der Waals surface area contributed by atoms with E-state index in [1.807, 2.05) is 25.1 Å². The molecule has 1 rings (SSSR count). The van der Waals surface area contributed by atoms with Gasteiger partial charge < -0.3 is 10.5 Å². The zero-order valence-electron chi connectivity index (χ0n) is 11.1. The van der Waals surface area contributed by atoms with Gasteiger partial charge in [0, 0.05) is 6.04 Å². The van der Waals surface area contributed by atoms with Crippen LogP contribution >= 0.6 is 0 Å². The monoisotopic (exact) mass is 250 g/mol. The number of likely N-dealkylation sites (N-methyl/N-ethyl adjacent to an activating group) is 1. The van der Waals surface area contributed by atoms with Crippen molar-refractivity contribution in [3.8, 4) is 0 Å². The molecule has 0 aliphatic heterocycles. The fourth-order valence-electron chi connectivity index (χ4n) is 2.07. The lowest BCUT2D eigenvalue weighted by Crippen LogP contribution is -2.35. The highest BCUT2D eigenvalue weighted by molar-refractivity contribution is 5.71. The number of esters is 1. The molecule has 4 nitrogen and oxygen atoms in total. The minimum atomic E-state index is -0.213. The SMILES string of the molecule is CCN(CC(=O)OC)C(CCN)c1ccccc1. The van der Waals surface area contributed by atoms with Crippen LogP contribution in [0.2, 0.25) is 0 Å². The molecule has 0 aliphatic rings. The summed E-state index contributed by atoms with van der Waals surface area (Å²) in [6, 6.07) is 10.3. The van der Waals surface area contributed by atoms with Gasteiger partial charge in [-0.1, -0.05) is 37.3 Å². The molecule has 0 fully saturated rings. The van der Waals surface area contributed by atoms with Gasteiger partial charge in [-0.15, -0.1) is 0 Å². The Morgan fingerprint density at radius 2 is 2.06 bits per heavy atom. The Morgan fingerprint density at radius 1 is 1.39 bits per heavy atom. The lowest BCUT2D eigenvalue weighted by Gasteiger charge is -2.29. The maximum absolute atomic E-state index is 11.4. The Morgan fingerprint density at radius 3 is 2.56 bits per heavy atom. The number of nitrogens with zero attached hydrogens (tertiary/aromatic N) is 1. The Labute approximate surface area is 109 Å². The van der Waals surface area contributed by atoms with Gasteiger partial charge >= 0.3 is 5.97 Å². The smallest absolute Gasteiger partial charge is 0.319 e. The van der Waals surface area contributed by atoms with Crippen molar-refractivity contribution in [2.45, 2.75) is 19.4 Å². The molecule has 0 aliphatic carbocycles. The highest BCUT2D eigenvalue weighted by Crippen LogP contribution is 2.23. The minimum absolute atomic E-state index is 0.167. The number of hydrogen-bond acceptors (Lipinski definition) is 4. The van der Waals surface area contributed by atoms with E-state index < -0.39 is 0 Å². The van der Waals surface area contributed by atoms with Crippen LogP contribution in [0.5, 0.6) is 0 Å². The summed E-state index contributed by atoms with van der Waals surface area (Å²) in [4.78, 5) is 13.5. The molecule has 0 spiro atoms. The van der Waals surface area contributed by atoms with Crippen molar-refractivity contribution in [2.75, 3.05) is 26.7 Å². The van der Waals surface area contributed by atoms with Crippen LogP contribution in [0.4, 0.5) is 0 Å². The molecule has 0 bridgehead atoms. The molecule has 1 aromatic carbocycles. The number of carbonyl (C=O) groups is 1. The number of carbonyl (C=O) groups excluding carboxylic acids is 1. The molecule has 4 heteroatoms. The quantitative estimate of drug-likeness (QED) is 0.746. The highest BCUT2D eigenvalue weighted by atomic mass is 16.5. The first-order valence-corrected chi connectivity index (χ1v) is 6.28. The van der Waals surface area contributed by atoms with Crippen molar-refractivity contribution >= 4 is 5.97 Å². The largest absolute Gasteiger partial charge is 0.468 e. The maximum atomic E-state index is 11.4. The van der Waals surface area contributed by atoms with E-state index in [9.17, 15) is 4.79 Å². The van der Waals surface area contributed by atoms with E-state index in [-0.39, 0.29) is 12.0 Å². The molecule has 1 unspecified atom stereocenters. The summed E-state index contributed by atoms with van der Waals surface area (Å²) in [7, 11) is 1.41. The summed E-state index contributed by atoms with van der Waals surface area (Å²) in [6.45, 7) is 3.72. The molecule has 2 N–H and O–H groups in total. The number of benzene rings is 1. The number of nitrogens with two attached hydrogens (primary N) is 1. The molecule has 0 saturated carbocycles. The Kier molecular flexibility index (Phi) is 6.39. The maximum Gasteiger partial charge on any atom is 0.319 e. The number of hydrogen-bond donors (Lipinski definition) is 1. The average Bonchev–Trinajstić information content (AvgIpc) is 2.43. The van der Waals surface area contributed by atoms with Crippen molar-refractivity contribution < 1.29 is 9.53 Å². The van der Waals surface area contributed by atoms with Gasteiger partial charge in [0.1, 0.15) is 0 Å². The first-order chi connectivity index (χ1) is 8.72. The van der Waals surface area contributed by atoms with E-state index >= 15 is 0 Å². The third-order valence-corrected chi connectivity index (χ3v) is 3.03. The summed E-state index contributed by atoms with van der Waals surface area (Å²) in [5, 5.41) is 0. The summed E-state index contributed by atoms with van der Waals surface area (Å²) >= 11 is 0. The van der Waals surface area contributed by atoms with E-state index in [1.54, 1.807) is 0 Å². The molecule has 0 amide bonds. The van der Waals surface area contributed by atoms with Crippen molar-refractivity contribution in [1.82, 2.24) is 4.90 Å². The van der Waals surface area contributed by atoms with Crippen LogP contribution in [-0.4, -0.2) is 37.6 Å². The van der Waals surface area contributed by atoms with Gasteiger partial charge in [0.15, 0.2) is 0 Å². The van der Waals surface area contributed by atoms with Crippen LogP contribution in [0.25, 0.3) is 0 Å². The summed E-state index contributed by atoms with van der Waals surface area (Å²) in [5.41, 5.74) is 6.87. The molecule has 1 atom stereocenters. The van der Waals surface area contributed by atoms with Crippen LogP contribution in [-0.2, 0) is 9.53 Å². The zero-order valence-corrected chi connectivity index (χ0v) is 11.1. The fraction of sp³-hybridized carbons (Fsp3) is 0.500. The first-order valence-electron chi connectivity index (χ1n) is 6.28. The molecule has 100 valence electrons. The van der Waals surface area contributed by atoms with Gasteiger partial charge in [-0.05, 0) is 25.1 Å². The normalized spacial score (nSPS) is 12.4. The molecule has 0 radical (unpaired) electrons. The Balaban J connectivity index is 2.84. The van der Waals surface area contributed by atoms with Crippen LogP contribution in [0.3, 0.4) is 0 Å². The Hall–Kier alpha value is -1.39. The number of ether oxygens (including phenoxy) is 1. The predicted molar refractivity (Wildman–Crippen MR) is 72.1 cm³/mol. The summed E-state index contributed by atoms with van der Waals surface area (Å²) < 4.78 is 4.73. The first kappa shape index (κ1) is 14.7. The average molecular weight is 250 g/mol. The minimum Gasteiger partial charge on any atom is -0.468 e. The van der Waals surface area contributed by atoms with Crippen LogP contribution in [0, 0.1) is 0 Å². The number of methoxy groups -OCH3 is 1. The molecule has 18 heavy (non-hydrogen) atoms. The van der Waals surface area contributed by atoms with Crippen LogP contribution in [0.15, 0.2) is 30.3 Å². The fourth-order valence-corrected chi connectivity index (χ4v) is 2.07. The van der Waals surface area contributed by atoms with Gasteiger partial charge in [-0.2, -0.15) is 0 Å². The van der Waals surface area contributed by atoms with Gasteiger partial charge in [0.2, 0.25) is 0 Å². The second kappa shape index (κ2) is 7.84. The van der Waals surface area contributed by atoms with Crippen LogP contribution in [0.1, 0.15) is 24.9 Å². The molecule has 0 heterocycles. The summed E-state index contributed by atoms with van der Waals surface area (Å²) in [5.74, 6) is -0.213. The van der Waals surface area contributed by atoms with Crippen LogP contribution < -0.4 is 5.73 Å². The van der Waals surface area contributed by atoms with Gasteiger partial charge in [-0.25, -0.2) is 0 Å². The Bertz CT molecular complexity index is 354. The van der Waals surface area contributed by atoms with Crippen molar-refractivity contribution in [1.29, 1.82) is 0 Å². The van der Waals surface area contributed by atoms with Gasteiger partial charge in [-0.3, -0.25) is 9.69 Å². The molecular weight excluding hydrogens is 228 g/mol. The molecule has 0 saturated heterocycles. The lowest BCUT2D eigenvalue weighted by molar-refractivity contribution is -0.142. The third-order valence-electron chi connectivity index (χ3n) is 3.03. The topological polar surface area (TPSA) is 55.6 Å². The lowest BCUT2D eigenvalue weighted by atomic mass is 10.0. The van der Waals surface area contributed by atoms with Crippen molar-refractivity contribution in [2.24, 2.45) is 5.73 Å². The molecule has 1 aromatic rings. The number of rotatable bonds is 7. The van der Waals surface area contributed by atoms with E-state index in [1.165, 1.54) is 12.7 Å². The summed E-state index contributed by atoms with van der Waals surface area (Å²) in [6.07, 6.45) is 0.828. The third kappa shape index (κ3) is 4.13. The second-order valence-corrected chi connectivity index (χ2v) is 4.14. The second-order valence-electron chi connectivity index (χ2n) is 4.14. The zero-order chi connectivity index (χ0) is 13.4. The molecule has 0 aromatic heterocycles. The molecular formula is C14H22N2O2.